The van der Waals surface area contributed by atoms with Crippen LogP contribution in [0, 0.1) is 0 Å². The van der Waals surface area contributed by atoms with Crippen LogP contribution in [0.3, 0.4) is 0 Å². The molecule has 16 heavy (non-hydrogen) atoms. The molecule has 0 saturated carbocycles. The molecule has 0 radical (unpaired) electrons. The molecule has 0 unspecified atom stereocenters. The van der Waals surface area contributed by atoms with Gasteiger partial charge in [-0.05, 0) is 23.1 Å². The third kappa shape index (κ3) is 4.79. The molecule has 0 aromatic heterocycles. The van der Waals surface area contributed by atoms with Crippen molar-refractivity contribution >= 4 is 24.0 Å². The fourth-order valence-corrected chi connectivity index (χ4v) is 1.91. The van der Waals surface area contributed by atoms with Crippen LogP contribution in [0.2, 0.25) is 0 Å². The molecule has 0 heterocycles. The van der Waals surface area contributed by atoms with Crippen molar-refractivity contribution in [1.82, 2.24) is 0 Å². The monoisotopic (exact) mass is 236 g/mol. The number of carbonyl (C=O) groups excluding carboxylic acids is 1. The standard InChI is InChI=1S/C12H12O3S/c13-7-6-10(8-12(14)15)9-16-11-4-2-1-3-5-11/h1-5,7,9H,6,8H2,(H,14,15). The van der Waals surface area contributed by atoms with Crippen molar-refractivity contribution in [3.8, 4) is 0 Å². The summed E-state index contributed by atoms with van der Waals surface area (Å²) in [6, 6.07) is 9.60. The van der Waals surface area contributed by atoms with Crippen LogP contribution in [-0.4, -0.2) is 17.4 Å². The number of aldehydes is 1. The van der Waals surface area contributed by atoms with Gasteiger partial charge in [0.15, 0.2) is 0 Å². The lowest BCUT2D eigenvalue weighted by Crippen LogP contribution is -1.97. The number of rotatable bonds is 6. The van der Waals surface area contributed by atoms with Crippen molar-refractivity contribution in [2.24, 2.45) is 0 Å². The summed E-state index contributed by atoms with van der Waals surface area (Å²) in [7, 11) is 0. The van der Waals surface area contributed by atoms with Crippen molar-refractivity contribution < 1.29 is 14.7 Å². The van der Waals surface area contributed by atoms with Gasteiger partial charge in [-0.25, -0.2) is 0 Å². The van der Waals surface area contributed by atoms with E-state index in [4.69, 9.17) is 5.11 Å². The zero-order valence-corrected chi connectivity index (χ0v) is 9.44. The van der Waals surface area contributed by atoms with Crippen LogP contribution in [0.5, 0.6) is 0 Å². The number of thioether (sulfide) groups is 1. The second-order valence-corrected chi connectivity index (χ2v) is 4.09. The first-order valence-corrected chi connectivity index (χ1v) is 5.65. The molecule has 0 amide bonds. The lowest BCUT2D eigenvalue weighted by Gasteiger charge is -2.00. The predicted octanol–water partition coefficient (Wildman–Crippen LogP) is 2.73. The summed E-state index contributed by atoms with van der Waals surface area (Å²) in [6.07, 6.45) is 0.811. The van der Waals surface area contributed by atoms with Gasteiger partial charge in [-0.1, -0.05) is 30.0 Å². The van der Waals surface area contributed by atoms with Gasteiger partial charge in [0, 0.05) is 11.3 Å². The Morgan fingerprint density at radius 3 is 2.56 bits per heavy atom. The van der Waals surface area contributed by atoms with Crippen LogP contribution in [-0.2, 0) is 9.59 Å². The fourth-order valence-electron chi connectivity index (χ4n) is 1.11. The predicted molar refractivity (Wildman–Crippen MR) is 63.3 cm³/mol. The van der Waals surface area contributed by atoms with Crippen molar-refractivity contribution in [3.63, 3.8) is 0 Å². The molecule has 3 nitrogen and oxygen atoms in total. The van der Waals surface area contributed by atoms with E-state index in [1.165, 1.54) is 11.8 Å². The minimum absolute atomic E-state index is 0.0847. The zero-order chi connectivity index (χ0) is 11.8. The normalized spacial score (nSPS) is 11.1. The van der Waals surface area contributed by atoms with Gasteiger partial charge in [-0.2, -0.15) is 0 Å². The molecular weight excluding hydrogens is 224 g/mol. The van der Waals surface area contributed by atoms with E-state index >= 15 is 0 Å². The van der Waals surface area contributed by atoms with Gasteiger partial charge in [0.1, 0.15) is 6.29 Å². The summed E-state index contributed by atoms with van der Waals surface area (Å²) in [5.41, 5.74) is 0.622. The van der Waals surface area contributed by atoms with E-state index in [0.29, 0.717) is 5.57 Å². The van der Waals surface area contributed by atoms with E-state index in [0.717, 1.165) is 11.2 Å². The molecular formula is C12H12O3S. The maximum Gasteiger partial charge on any atom is 0.307 e. The van der Waals surface area contributed by atoms with Crippen LogP contribution in [0.4, 0.5) is 0 Å². The number of hydrogen-bond donors (Lipinski definition) is 1. The Kier molecular flexibility index (Phi) is 5.36. The fraction of sp³-hybridized carbons (Fsp3) is 0.167. The molecule has 0 spiro atoms. The number of aliphatic carboxylic acids is 1. The average Bonchev–Trinajstić information content (AvgIpc) is 2.27. The Hall–Kier alpha value is -1.55. The van der Waals surface area contributed by atoms with Crippen molar-refractivity contribution in [2.75, 3.05) is 0 Å². The summed E-state index contributed by atoms with van der Waals surface area (Å²) in [4.78, 5) is 21.9. The first-order chi connectivity index (χ1) is 7.72. The molecule has 0 bridgehead atoms. The highest BCUT2D eigenvalue weighted by Crippen LogP contribution is 2.22. The quantitative estimate of drug-likeness (QED) is 0.609. The highest BCUT2D eigenvalue weighted by Gasteiger charge is 2.03. The van der Waals surface area contributed by atoms with E-state index in [2.05, 4.69) is 0 Å². The van der Waals surface area contributed by atoms with E-state index in [9.17, 15) is 9.59 Å². The largest absolute Gasteiger partial charge is 0.481 e. The second-order valence-electron chi connectivity index (χ2n) is 3.15. The van der Waals surface area contributed by atoms with Gasteiger partial charge < -0.3 is 9.90 Å². The van der Waals surface area contributed by atoms with Gasteiger partial charge in [0.2, 0.25) is 0 Å². The molecule has 0 saturated heterocycles. The third-order valence-electron chi connectivity index (χ3n) is 1.83. The van der Waals surface area contributed by atoms with Gasteiger partial charge in [0.25, 0.3) is 0 Å². The highest BCUT2D eigenvalue weighted by molar-refractivity contribution is 8.02. The number of carboxylic acids is 1. The van der Waals surface area contributed by atoms with Gasteiger partial charge in [0.05, 0.1) is 6.42 Å². The van der Waals surface area contributed by atoms with Crippen LogP contribution >= 0.6 is 11.8 Å². The maximum absolute atomic E-state index is 10.5. The molecule has 0 aliphatic rings. The molecule has 1 N–H and O–H groups in total. The third-order valence-corrected chi connectivity index (χ3v) is 2.82. The van der Waals surface area contributed by atoms with Gasteiger partial charge in [-0.3, -0.25) is 4.79 Å². The number of benzene rings is 1. The van der Waals surface area contributed by atoms with E-state index in [1.54, 1.807) is 5.41 Å². The smallest absolute Gasteiger partial charge is 0.307 e. The molecule has 0 aliphatic carbocycles. The number of carboxylic acid groups (broad SMARTS) is 1. The Morgan fingerprint density at radius 1 is 1.31 bits per heavy atom. The Morgan fingerprint density at radius 2 is 2.00 bits per heavy atom. The first kappa shape index (κ1) is 12.5. The Bertz CT molecular complexity index is 385. The lowest BCUT2D eigenvalue weighted by atomic mass is 10.2. The van der Waals surface area contributed by atoms with Crippen molar-refractivity contribution in [3.05, 3.63) is 41.3 Å². The minimum atomic E-state index is -0.915. The van der Waals surface area contributed by atoms with Crippen LogP contribution in [0.25, 0.3) is 0 Å². The van der Waals surface area contributed by atoms with E-state index in [-0.39, 0.29) is 12.8 Å². The average molecular weight is 236 g/mol. The Labute approximate surface area is 98.2 Å². The van der Waals surface area contributed by atoms with Crippen molar-refractivity contribution in [1.29, 1.82) is 0 Å². The molecule has 1 aromatic carbocycles. The van der Waals surface area contributed by atoms with Crippen LogP contribution < -0.4 is 0 Å². The van der Waals surface area contributed by atoms with E-state index in [1.807, 2.05) is 30.3 Å². The van der Waals surface area contributed by atoms with Gasteiger partial charge in [-0.15, -0.1) is 0 Å². The highest BCUT2D eigenvalue weighted by atomic mass is 32.2. The molecule has 4 heteroatoms. The number of hydrogen-bond acceptors (Lipinski definition) is 3. The number of carbonyl (C=O) groups is 2. The molecule has 0 aliphatic heterocycles. The summed E-state index contributed by atoms with van der Waals surface area (Å²) < 4.78 is 0. The summed E-state index contributed by atoms with van der Waals surface area (Å²) >= 11 is 1.43. The summed E-state index contributed by atoms with van der Waals surface area (Å²) in [5.74, 6) is -0.915. The first-order valence-electron chi connectivity index (χ1n) is 4.77. The molecule has 0 fully saturated rings. The van der Waals surface area contributed by atoms with Crippen LogP contribution in [0.15, 0.2) is 46.2 Å². The van der Waals surface area contributed by atoms with Crippen LogP contribution in [0.1, 0.15) is 12.8 Å². The Balaban J connectivity index is 2.64. The van der Waals surface area contributed by atoms with E-state index < -0.39 is 5.97 Å². The summed E-state index contributed by atoms with van der Waals surface area (Å²) in [6.45, 7) is 0. The maximum atomic E-state index is 10.5. The topological polar surface area (TPSA) is 54.4 Å². The van der Waals surface area contributed by atoms with Gasteiger partial charge >= 0.3 is 5.97 Å². The summed E-state index contributed by atoms with van der Waals surface area (Å²) in [5, 5.41) is 10.4. The second kappa shape index (κ2) is 6.85. The lowest BCUT2D eigenvalue weighted by molar-refractivity contribution is -0.136. The molecule has 1 rings (SSSR count). The SMILES string of the molecule is O=CCC(=CSc1ccccc1)CC(=O)O. The minimum Gasteiger partial charge on any atom is -0.481 e. The molecule has 1 aromatic rings. The molecule has 84 valence electrons. The van der Waals surface area contributed by atoms with Crippen molar-refractivity contribution in [2.45, 2.75) is 17.7 Å². The molecule has 0 atom stereocenters. The zero-order valence-electron chi connectivity index (χ0n) is 8.63.